The highest BCUT2D eigenvalue weighted by atomic mass is 31.2. The second-order valence-electron chi connectivity index (χ2n) is 3.96. The molecule has 0 spiro atoms. The van der Waals surface area contributed by atoms with Crippen molar-refractivity contribution in [2.45, 2.75) is 25.5 Å². The molecule has 1 heterocycles. The molecule has 0 radical (unpaired) electrons. The number of benzene rings is 1. The van der Waals surface area contributed by atoms with E-state index >= 15 is 0 Å². The number of nitrogens with zero attached hydrogens (tertiary/aromatic N) is 1. The summed E-state index contributed by atoms with van der Waals surface area (Å²) in [6.07, 6.45) is 2.21. The first-order chi connectivity index (χ1) is 7.81. The monoisotopic (exact) mass is 239 g/mol. The zero-order valence-electron chi connectivity index (χ0n) is 9.54. The smallest absolute Gasteiger partial charge is 0.245 e. The maximum Gasteiger partial charge on any atom is 0.245 e. The number of rotatable bonds is 4. The van der Waals surface area contributed by atoms with Gasteiger partial charge in [-0.3, -0.25) is 4.90 Å². The van der Waals surface area contributed by atoms with Crippen LogP contribution >= 0.6 is 8.38 Å². The first-order valence-corrected chi connectivity index (χ1v) is 7.04. The minimum Gasteiger partial charge on any atom is -0.446 e. The molecule has 1 aromatic carbocycles. The lowest BCUT2D eigenvalue weighted by molar-refractivity contribution is 0.303. The molecule has 1 aliphatic heterocycles. The van der Waals surface area contributed by atoms with E-state index in [4.69, 9.17) is 4.52 Å². The SMILES string of the molecule is CCN1CCCC1P(O)Oc1ccccc1. The second kappa shape index (κ2) is 5.62. The van der Waals surface area contributed by atoms with E-state index in [-0.39, 0.29) is 5.78 Å². The third-order valence-corrected chi connectivity index (χ3v) is 4.43. The number of para-hydroxylation sites is 1. The highest BCUT2D eigenvalue weighted by molar-refractivity contribution is 7.47. The Kier molecular flexibility index (Phi) is 4.16. The van der Waals surface area contributed by atoms with Gasteiger partial charge in [0.1, 0.15) is 5.75 Å². The van der Waals surface area contributed by atoms with Crippen molar-refractivity contribution >= 4 is 8.38 Å². The lowest BCUT2D eigenvalue weighted by Crippen LogP contribution is -2.28. The summed E-state index contributed by atoms with van der Waals surface area (Å²) in [5, 5.41) is 0. The standard InChI is InChI=1S/C12H18NO2P/c1-2-13-10-6-9-12(13)16(14)15-11-7-4-3-5-8-11/h3-5,7-8,12,14H,2,6,9-10H2,1H3. The molecule has 1 saturated heterocycles. The molecule has 0 aliphatic carbocycles. The molecule has 1 N–H and O–H groups in total. The topological polar surface area (TPSA) is 32.7 Å². The summed E-state index contributed by atoms with van der Waals surface area (Å²) in [4.78, 5) is 12.4. The lowest BCUT2D eigenvalue weighted by Gasteiger charge is -2.26. The predicted octanol–water partition coefficient (Wildman–Crippen LogP) is 2.81. The molecule has 16 heavy (non-hydrogen) atoms. The first kappa shape index (κ1) is 11.8. The molecule has 2 atom stereocenters. The fraction of sp³-hybridized carbons (Fsp3) is 0.500. The van der Waals surface area contributed by atoms with Gasteiger partial charge in [0.05, 0.1) is 5.78 Å². The van der Waals surface area contributed by atoms with Crippen molar-refractivity contribution in [2.24, 2.45) is 0 Å². The van der Waals surface area contributed by atoms with Gasteiger partial charge >= 0.3 is 0 Å². The normalized spacial score (nSPS) is 23.2. The Morgan fingerprint density at radius 2 is 2.19 bits per heavy atom. The summed E-state index contributed by atoms with van der Waals surface area (Å²) in [6.45, 7) is 4.20. The van der Waals surface area contributed by atoms with Crippen molar-refractivity contribution in [2.75, 3.05) is 13.1 Å². The van der Waals surface area contributed by atoms with Crippen LogP contribution in [0.5, 0.6) is 5.75 Å². The number of hydrogen-bond acceptors (Lipinski definition) is 3. The fourth-order valence-corrected chi connectivity index (χ4v) is 3.50. The number of likely N-dealkylation sites (tertiary alicyclic amines) is 1. The van der Waals surface area contributed by atoms with Gasteiger partial charge in [0.15, 0.2) is 0 Å². The van der Waals surface area contributed by atoms with E-state index in [2.05, 4.69) is 11.8 Å². The van der Waals surface area contributed by atoms with E-state index in [1.807, 2.05) is 30.3 Å². The lowest BCUT2D eigenvalue weighted by atomic mass is 10.3. The van der Waals surface area contributed by atoms with E-state index in [0.717, 1.165) is 31.7 Å². The van der Waals surface area contributed by atoms with E-state index in [9.17, 15) is 4.89 Å². The highest BCUT2D eigenvalue weighted by Crippen LogP contribution is 2.44. The molecule has 4 heteroatoms. The van der Waals surface area contributed by atoms with Crippen LogP contribution in [0.15, 0.2) is 30.3 Å². The minimum absolute atomic E-state index is 0.209. The van der Waals surface area contributed by atoms with Crippen LogP contribution in [0.4, 0.5) is 0 Å². The van der Waals surface area contributed by atoms with Crippen LogP contribution < -0.4 is 4.52 Å². The van der Waals surface area contributed by atoms with Crippen molar-refractivity contribution in [3.05, 3.63) is 30.3 Å². The summed E-state index contributed by atoms with van der Waals surface area (Å²) in [5.41, 5.74) is 0. The Bertz CT molecular complexity index is 320. The van der Waals surface area contributed by atoms with Gasteiger partial charge < -0.3 is 9.42 Å². The highest BCUT2D eigenvalue weighted by Gasteiger charge is 2.32. The number of hydrogen-bond donors (Lipinski definition) is 1. The third kappa shape index (κ3) is 2.73. The van der Waals surface area contributed by atoms with Gasteiger partial charge in [-0.2, -0.15) is 0 Å². The molecule has 2 rings (SSSR count). The van der Waals surface area contributed by atoms with Gasteiger partial charge in [0.25, 0.3) is 0 Å². The second-order valence-corrected chi connectivity index (χ2v) is 5.34. The van der Waals surface area contributed by atoms with Crippen molar-refractivity contribution < 1.29 is 9.42 Å². The predicted molar refractivity (Wildman–Crippen MR) is 66.5 cm³/mol. The van der Waals surface area contributed by atoms with Crippen LogP contribution in [-0.2, 0) is 0 Å². The maximum atomic E-state index is 10.1. The van der Waals surface area contributed by atoms with Crippen molar-refractivity contribution in [3.8, 4) is 5.75 Å². The molecule has 1 fully saturated rings. The summed E-state index contributed by atoms with van der Waals surface area (Å²) in [5.74, 6) is 0.972. The van der Waals surface area contributed by atoms with Crippen molar-refractivity contribution in [1.82, 2.24) is 4.90 Å². The first-order valence-electron chi connectivity index (χ1n) is 5.76. The third-order valence-electron chi connectivity index (χ3n) is 2.93. The molecule has 1 aliphatic rings. The largest absolute Gasteiger partial charge is 0.446 e. The average molecular weight is 239 g/mol. The van der Waals surface area contributed by atoms with Crippen LogP contribution in [0.25, 0.3) is 0 Å². The summed E-state index contributed by atoms with van der Waals surface area (Å²) >= 11 is 0. The zero-order valence-corrected chi connectivity index (χ0v) is 10.4. The molecule has 0 bridgehead atoms. The van der Waals surface area contributed by atoms with Crippen LogP contribution in [0, 0.1) is 0 Å². The van der Waals surface area contributed by atoms with E-state index in [0.29, 0.717) is 0 Å². The Balaban J connectivity index is 1.95. The molecule has 2 unspecified atom stereocenters. The molecular formula is C12H18NO2P. The average Bonchev–Trinajstić information content (AvgIpc) is 2.78. The Morgan fingerprint density at radius 1 is 1.44 bits per heavy atom. The molecule has 1 aromatic rings. The molecular weight excluding hydrogens is 221 g/mol. The van der Waals surface area contributed by atoms with Crippen LogP contribution in [0.1, 0.15) is 19.8 Å². The van der Waals surface area contributed by atoms with Gasteiger partial charge in [-0.15, -0.1) is 0 Å². The van der Waals surface area contributed by atoms with Crippen LogP contribution in [0.2, 0.25) is 0 Å². The van der Waals surface area contributed by atoms with Crippen LogP contribution in [0.3, 0.4) is 0 Å². The molecule has 3 nitrogen and oxygen atoms in total. The van der Waals surface area contributed by atoms with E-state index < -0.39 is 8.38 Å². The van der Waals surface area contributed by atoms with Gasteiger partial charge in [-0.1, -0.05) is 25.1 Å². The molecule has 0 saturated carbocycles. The molecule has 88 valence electrons. The van der Waals surface area contributed by atoms with Gasteiger partial charge in [0.2, 0.25) is 8.38 Å². The summed E-state index contributed by atoms with van der Waals surface area (Å²) < 4.78 is 5.61. The zero-order chi connectivity index (χ0) is 11.4. The molecule has 0 aromatic heterocycles. The maximum absolute atomic E-state index is 10.1. The Hall–Kier alpha value is -0.630. The molecule has 0 amide bonds. The van der Waals surface area contributed by atoms with Gasteiger partial charge in [-0.05, 0) is 38.1 Å². The van der Waals surface area contributed by atoms with E-state index in [1.54, 1.807) is 0 Å². The van der Waals surface area contributed by atoms with Gasteiger partial charge in [-0.25, -0.2) is 0 Å². The van der Waals surface area contributed by atoms with E-state index in [1.165, 1.54) is 0 Å². The van der Waals surface area contributed by atoms with Crippen molar-refractivity contribution in [3.63, 3.8) is 0 Å². The fourth-order valence-electron chi connectivity index (χ4n) is 2.08. The summed E-state index contributed by atoms with van der Waals surface area (Å²) in [6, 6.07) is 9.56. The van der Waals surface area contributed by atoms with Crippen molar-refractivity contribution in [1.29, 1.82) is 0 Å². The van der Waals surface area contributed by atoms with Crippen LogP contribution in [-0.4, -0.2) is 28.7 Å². The minimum atomic E-state index is -1.38. The quantitative estimate of drug-likeness (QED) is 0.820. The Morgan fingerprint density at radius 3 is 2.88 bits per heavy atom. The summed E-state index contributed by atoms with van der Waals surface area (Å²) in [7, 11) is -1.38. The van der Waals surface area contributed by atoms with Gasteiger partial charge in [0, 0.05) is 0 Å². The Labute approximate surface area is 98.0 Å².